The fourth-order valence-corrected chi connectivity index (χ4v) is 2.72. The van der Waals surface area contributed by atoms with Gasteiger partial charge in [-0.05, 0) is 25.5 Å². The Balaban J connectivity index is 2.42. The van der Waals surface area contributed by atoms with Crippen molar-refractivity contribution in [2.75, 3.05) is 12.4 Å². The van der Waals surface area contributed by atoms with Crippen molar-refractivity contribution < 1.29 is 19.4 Å². The number of nitrogens with zero attached hydrogens (tertiary/aromatic N) is 2. The third kappa shape index (κ3) is 3.55. The van der Waals surface area contributed by atoms with Gasteiger partial charge in [0.2, 0.25) is 0 Å². The largest absolute Gasteiger partial charge is 0.481 e. The predicted octanol–water partition coefficient (Wildman–Crippen LogP) is 2.08. The Morgan fingerprint density at radius 2 is 2.19 bits per heavy atom. The molecule has 0 saturated heterocycles. The number of fused-ring (bicyclic) bond motifs is 1. The molecule has 1 heterocycles. The van der Waals surface area contributed by atoms with E-state index in [1.807, 2.05) is 25.1 Å². The molecule has 0 atom stereocenters. The maximum absolute atomic E-state index is 11.7. The van der Waals surface area contributed by atoms with E-state index in [9.17, 15) is 9.59 Å². The van der Waals surface area contributed by atoms with Crippen molar-refractivity contribution in [3.05, 3.63) is 23.8 Å². The number of thioether (sulfide) groups is 1. The summed E-state index contributed by atoms with van der Waals surface area (Å²) >= 11 is 1.09. The van der Waals surface area contributed by atoms with Crippen LogP contribution in [0.3, 0.4) is 0 Å². The summed E-state index contributed by atoms with van der Waals surface area (Å²) in [5, 5.41) is 9.32. The van der Waals surface area contributed by atoms with Crippen LogP contribution in [0, 0.1) is 6.92 Å². The number of ether oxygens (including phenoxy) is 1. The van der Waals surface area contributed by atoms with Gasteiger partial charge in [-0.3, -0.25) is 9.59 Å². The monoisotopic (exact) mass is 308 g/mol. The topological polar surface area (TPSA) is 81.4 Å². The summed E-state index contributed by atoms with van der Waals surface area (Å²) in [4.78, 5) is 26.9. The molecule has 2 rings (SSSR count). The fourth-order valence-electron chi connectivity index (χ4n) is 1.99. The first-order valence-corrected chi connectivity index (χ1v) is 7.47. The Labute approximate surface area is 126 Å². The zero-order valence-electron chi connectivity index (χ0n) is 11.8. The Kier molecular flexibility index (Phi) is 4.85. The lowest BCUT2D eigenvalue weighted by Crippen LogP contribution is -2.14. The number of hydrogen-bond donors (Lipinski definition) is 1. The molecule has 112 valence electrons. The Morgan fingerprint density at radius 3 is 2.86 bits per heavy atom. The zero-order chi connectivity index (χ0) is 15.4. The van der Waals surface area contributed by atoms with Crippen LogP contribution in [-0.2, 0) is 20.9 Å². The molecule has 0 amide bonds. The number of carboxylic acids is 1. The number of esters is 1. The molecule has 1 aromatic carbocycles. The number of imidazole rings is 1. The van der Waals surface area contributed by atoms with E-state index in [1.165, 1.54) is 0 Å². The average Bonchev–Trinajstić information content (AvgIpc) is 2.76. The van der Waals surface area contributed by atoms with Crippen molar-refractivity contribution in [2.45, 2.75) is 25.5 Å². The van der Waals surface area contributed by atoms with E-state index >= 15 is 0 Å². The van der Waals surface area contributed by atoms with Crippen LogP contribution in [0.1, 0.15) is 12.5 Å². The standard InChI is InChI=1S/C14H16N2O4S/c1-3-20-12(19)7-16-10-6-4-5-9(2)13(10)15-14(16)21-8-11(17)18/h4-6H,3,7-8H2,1-2H3,(H,17,18). The maximum atomic E-state index is 11.7. The Morgan fingerprint density at radius 1 is 1.43 bits per heavy atom. The molecule has 7 heteroatoms. The van der Waals surface area contributed by atoms with E-state index in [4.69, 9.17) is 9.84 Å². The quantitative estimate of drug-likeness (QED) is 0.650. The number of carbonyl (C=O) groups is 2. The second-order valence-electron chi connectivity index (χ2n) is 4.41. The average molecular weight is 308 g/mol. The van der Waals surface area contributed by atoms with Gasteiger partial charge >= 0.3 is 11.9 Å². The van der Waals surface area contributed by atoms with Crippen LogP contribution in [0.5, 0.6) is 0 Å². The summed E-state index contributed by atoms with van der Waals surface area (Å²) < 4.78 is 6.66. The van der Waals surface area contributed by atoms with Crippen LogP contribution in [0.25, 0.3) is 11.0 Å². The minimum atomic E-state index is -0.925. The van der Waals surface area contributed by atoms with Gasteiger partial charge in [-0.25, -0.2) is 4.98 Å². The van der Waals surface area contributed by atoms with Crippen LogP contribution >= 0.6 is 11.8 Å². The Hall–Kier alpha value is -2.02. The molecule has 0 aliphatic carbocycles. The minimum absolute atomic E-state index is 0.0236. The first kappa shape index (κ1) is 15.4. The van der Waals surface area contributed by atoms with Crippen LogP contribution in [-0.4, -0.2) is 39.0 Å². The number of carbonyl (C=O) groups excluding carboxylic acids is 1. The summed E-state index contributed by atoms with van der Waals surface area (Å²) in [6.07, 6.45) is 0. The van der Waals surface area contributed by atoms with Gasteiger partial charge < -0.3 is 14.4 Å². The van der Waals surface area contributed by atoms with Gasteiger partial charge in [-0.15, -0.1) is 0 Å². The maximum Gasteiger partial charge on any atom is 0.326 e. The molecule has 0 radical (unpaired) electrons. The van der Waals surface area contributed by atoms with Crippen molar-refractivity contribution in [1.82, 2.24) is 9.55 Å². The lowest BCUT2D eigenvalue weighted by Gasteiger charge is -2.07. The molecule has 1 aromatic heterocycles. The predicted molar refractivity (Wildman–Crippen MR) is 79.5 cm³/mol. The summed E-state index contributed by atoms with van der Waals surface area (Å²) in [7, 11) is 0. The number of benzene rings is 1. The van der Waals surface area contributed by atoms with E-state index in [0.717, 1.165) is 28.4 Å². The molecule has 0 bridgehead atoms. The Bertz CT molecular complexity index is 681. The first-order valence-electron chi connectivity index (χ1n) is 6.49. The number of aryl methyl sites for hydroxylation is 1. The van der Waals surface area contributed by atoms with E-state index in [1.54, 1.807) is 11.5 Å². The van der Waals surface area contributed by atoms with Crippen molar-refractivity contribution in [3.8, 4) is 0 Å². The summed E-state index contributed by atoms with van der Waals surface area (Å²) in [6.45, 7) is 4.00. The molecule has 0 spiro atoms. The van der Waals surface area contributed by atoms with E-state index in [-0.39, 0.29) is 18.3 Å². The molecule has 0 unspecified atom stereocenters. The van der Waals surface area contributed by atoms with Crippen LogP contribution in [0.4, 0.5) is 0 Å². The molecule has 0 fully saturated rings. The highest BCUT2D eigenvalue weighted by molar-refractivity contribution is 7.99. The first-order chi connectivity index (χ1) is 10.0. The highest BCUT2D eigenvalue weighted by Crippen LogP contribution is 2.26. The fraction of sp³-hybridized carbons (Fsp3) is 0.357. The van der Waals surface area contributed by atoms with Gasteiger partial charge in [0, 0.05) is 0 Å². The third-order valence-electron chi connectivity index (χ3n) is 2.86. The number of rotatable bonds is 6. The third-order valence-corrected chi connectivity index (χ3v) is 3.82. The minimum Gasteiger partial charge on any atom is -0.481 e. The summed E-state index contributed by atoms with van der Waals surface area (Å²) in [5.74, 6) is -1.40. The molecule has 0 saturated carbocycles. The SMILES string of the molecule is CCOC(=O)Cn1c(SCC(=O)O)nc2c(C)cccc21. The van der Waals surface area contributed by atoms with Gasteiger partial charge in [-0.2, -0.15) is 0 Å². The van der Waals surface area contributed by atoms with Gasteiger partial charge in [0.1, 0.15) is 6.54 Å². The van der Waals surface area contributed by atoms with E-state index < -0.39 is 5.97 Å². The molecule has 0 aliphatic rings. The number of aliphatic carboxylic acids is 1. The number of hydrogen-bond acceptors (Lipinski definition) is 5. The lowest BCUT2D eigenvalue weighted by molar-refractivity contribution is -0.143. The molecular formula is C14H16N2O4S. The smallest absolute Gasteiger partial charge is 0.326 e. The normalized spacial score (nSPS) is 10.8. The van der Waals surface area contributed by atoms with Crippen molar-refractivity contribution in [3.63, 3.8) is 0 Å². The number of aromatic nitrogens is 2. The van der Waals surface area contributed by atoms with Gasteiger partial charge in [-0.1, -0.05) is 23.9 Å². The van der Waals surface area contributed by atoms with Crippen LogP contribution in [0.15, 0.2) is 23.4 Å². The molecule has 0 aliphatic heterocycles. The summed E-state index contributed by atoms with van der Waals surface area (Å²) in [6, 6.07) is 5.67. The molecule has 21 heavy (non-hydrogen) atoms. The van der Waals surface area contributed by atoms with Crippen molar-refractivity contribution in [2.24, 2.45) is 0 Å². The zero-order valence-corrected chi connectivity index (χ0v) is 12.6. The van der Waals surface area contributed by atoms with Crippen LogP contribution < -0.4 is 0 Å². The second kappa shape index (κ2) is 6.62. The van der Waals surface area contributed by atoms with Crippen molar-refractivity contribution >= 4 is 34.7 Å². The van der Waals surface area contributed by atoms with Gasteiger partial charge in [0.05, 0.1) is 23.4 Å². The van der Waals surface area contributed by atoms with Crippen LogP contribution in [0.2, 0.25) is 0 Å². The number of carboxylic acid groups (broad SMARTS) is 1. The summed E-state index contributed by atoms with van der Waals surface area (Å²) in [5.41, 5.74) is 2.55. The highest BCUT2D eigenvalue weighted by atomic mass is 32.2. The molecular weight excluding hydrogens is 292 g/mol. The highest BCUT2D eigenvalue weighted by Gasteiger charge is 2.16. The van der Waals surface area contributed by atoms with E-state index in [0.29, 0.717) is 11.8 Å². The van der Waals surface area contributed by atoms with Gasteiger partial charge in [0.25, 0.3) is 0 Å². The molecule has 1 N–H and O–H groups in total. The lowest BCUT2D eigenvalue weighted by atomic mass is 10.2. The van der Waals surface area contributed by atoms with E-state index in [2.05, 4.69) is 4.98 Å². The number of para-hydroxylation sites is 1. The second-order valence-corrected chi connectivity index (χ2v) is 5.35. The van der Waals surface area contributed by atoms with Crippen molar-refractivity contribution in [1.29, 1.82) is 0 Å². The molecule has 2 aromatic rings. The molecule has 6 nitrogen and oxygen atoms in total. The van der Waals surface area contributed by atoms with Gasteiger partial charge in [0.15, 0.2) is 5.16 Å².